The second-order valence-electron chi connectivity index (χ2n) is 3.04. The summed E-state index contributed by atoms with van der Waals surface area (Å²) in [6.45, 7) is 4.35. The average molecular weight is 176 g/mol. The maximum Gasteiger partial charge on any atom is 0.169 e. The topological polar surface area (TPSA) is 18.5 Å². The van der Waals surface area contributed by atoms with E-state index in [-0.39, 0.29) is 0 Å². The molecule has 1 aliphatic heterocycles. The third kappa shape index (κ3) is 1.58. The molecule has 0 fully saturated rings. The van der Waals surface area contributed by atoms with Crippen molar-refractivity contribution in [3.63, 3.8) is 0 Å². The summed E-state index contributed by atoms with van der Waals surface area (Å²) in [5.41, 5.74) is 2.50. The van der Waals surface area contributed by atoms with Gasteiger partial charge in [0.1, 0.15) is 0 Å². The molecule has 1 heterocycles. The summed E-state index contributed by atoms with van der Waals surface area (Å²) < 4.78 is 0. The van der Waals surface area contributed by atoms with Gasteiger partial charge in [0.2, 0.25) is 0 Å². The molecule has 2 rings (SSSR count). The van der Waals surface area contributed by atoms with E-state index < -0.39 is 0 Å². The van der Waals surface area contributed by atoms with Crippen LogP contribution in [0.4, 0.5) is 0 Å². The zero-order chi connectivity index (χ0) is 9.10. The van der Waals surface area contributed by atoms with E-state index in [9.17, 15) is 0 Å². The van der Waals surface area contributed by atoms with Crippen LogP contribution in [0, 0.1) is 0 Å². The van der Waals surface area contributed by atoms with Crippen molar-refractivity contribution in [1.82, 2.24) is 0 Å². The molecule has 0 saturated carbocycles. The summed E-state index contributed by atoms with van der Waals surface area (Å²) >= 11 is 0. The van der Waals surface area contributed by atoms with Gasteiger partial charge < -0.3 is 4.89 Å². The number of hydrogen-bond acceptors (Lipinski definition) is 2. The van der Waals surface area contributed by atoms with E-state index >= 15 is 0 Å². The van der Waals surface area contributed by atoms with Gasteiger partial charge in [0.25, 0.3) is 0 Å². The zero-order valence-corrected chi connectivity index (χ0v) is 7.45. The normalized spacial score (nSPS) is 14.5. The van der Waals surface area contributed by atoms with Crippen LogP contribution in [0.3, 0.4) is 0 Å². The summed E-state index contributed by atoms with van der Waals surface area (Å²) in [4.78, 5) is 10.1. The monoisotopic (exact) mass is 176 g/mol. The molecule has 2 heteroatoms. The van der Waals surface area contributed by atoms with E-state index in [0.29, 0.717) is 6.61 Å². The fourth-order valence-electron chi connectivity index (χ4n) is 1.56. The average Bonchev–Trinajstić information content (AvgIpc) is 2.28. The quantitative estimate of drug-likeness (QED) is 0.508. The van der Waals surface area contributed by atoms with Crippen molar-refractivity contribution in [3.8, 4) is 5.75 Å². The van der Waals surface area contributed by atoms with Gasteiger partial charge in [-0.05, 0) is 18.1 Å². The molecular formula is C11H12O2. The molecule has 0 radical (unpaired) electrons. The Morgan fingerprint density at radius 3 is 3.23 bits per heavy atom. The van der Waals surface area contributed by atoms with Crippen LogP contribution in [0.5, 0.6) is 5.75 Å². The Labute approximate surface area is 77.7 Å². The number of allylic oxidation sites excluding steroid dienone is 1. The lowest BCUT2D eigenvalue weighted by atomic mass is 10.0. The van der Waals surface area contributed by atoms with Crippen LogP contribution in [0.15, 0.2) is 30.9 Å². The van der Waals surface area contributed by atoms with Crippen molar-refractivity contribution in [2.24, 2.45) is 0 Å². The number of benzene rings is 1. The first-order valence-electron chi connectivity index (χ1n) is 4.43. The van der Waals surface area contributed by atoms with Crippen molar-refractivity contribution in [1.29, 1.82) is 0 Å². The Morgan fingerprint density at radius 2 is 2.38 bits per heavy atom. The molecule has 13 heavy (non-hydrogen) atoms. The molecule has 68 valence electrons. The first-order chi connectivity index (χ1) is 6.42. The van der Waals surface area contributed by atoms with Crippen molar-refractivity contribution in [2.75, 3.05) is 6.61 Å². The van der Waals surface area contributed by atoms with Gasteiger partial charge in [0, 0.05) is 12.0 Å². The minimum Gasteiger partial charge on any atom is -0.337 e. The highest BCUT2D eigenvalue weighted by molar-refractivity contribution is 5.41. The largest absolute Gasteiger partial charge is 0.337 e. The molecule has 1 aliphatic rings. The SMILES string of the molecule is C=CCc1c2cccc1OOCC2. The van der Waals surface area contributed by atoms with Gasteiger partial charge >= 0.3 is 0 Å². The Kier molecular flexibility index (Phi) is 2.32. The Hall–Kier alpha value is -1.28. The first-order valence-corrected chi connectivity index (χ1v) is 4.43. The van der Waals surface area contributed by atoms with Crippen LogP contribution in [-0.2, 0) is 17.7 Å². The highest BCUT2D eigenvalue weighted by Gasteiger charge is 2.12. The summed E-state index contributed by atoms with van der Waals surface area (Å²) in [5, 5.41) is 0. The smallest absolute Gasteiger partial charge is 0.169 e. The van der Waals surface area contributed by atoms with E-state index in [1.54, 1.807) is 0 Å². The Morgan fingerprint density at radius 1 is 1.46 bits per heavy atom. The van der Waals surface area contributed by atoms with Crippen LogP contribution in [-0.4, -0.2) is 6.61 Å². The van der Waals surface area contributed by atoms with Crippen molar-refractivity contribution < 1.29 is 9.78 Å². The van der Waals surface area contributed by atoms with Gasteiger partial charge in [-0.15, -0.1) is 6.58 Å². The lowest BCUT2D eigenvalue weighted by Crippen LogP contribution is -1.96. The van der Waals surface area contributed by atoms with Crippen molar-refractivity contribution in [3.05, 3.63) is 42.0 Å². The lowest BCUT2D eigenvalue weighted by Gasteiger charge is -2.06. The maximum absolute atomic E-state index is 5.14. The van der Waals surface area contributed by atoms with Gasteiger partial charge in [0.05, 0.1) is 6.61 Å². The van der Waals surface area contributed by atoms with E-state index in [1.807, 2.05) is 18.2 Å². The molecule has 0 aliphatic carbocycles. The zero-order valence-electron chi connectivity index (χ0n) is 7.45. The number of rotatable bonds is 2. The van der Waals surface area contributed by atoms with Gasteiger partial charge in [-0.1, -0.05) is 18.2 Å². The molecule has 0 N–H and O–H groups in total. The van der Waals surface area contributed by atoms with E-state index in [4.69, 9.17) is 9.78 Å². The van der Waals surface area contributed by atoms with Gasteiger partial charge in [-0.2, -0.15) is 4.89 Å². The molecule has 0 unspecified atom stereocenters. The summed E-state index contributed by atoms with van der Waals surface area (Å²) in [6.07, 6.45) is 3.64. The minimum absolute atomic E-state index is 0.623. The fourth-order valence-corrected chi connectivity index (χ4v) is 1.56. The second kappa shape index (κ2) is 3.62. The summed E-state index contributed by atoms with van der Waals surface area (Å²) in [7, 11) is 0. The van der Waals surface area contributed by atoms with Crippen LogP contribution < -0.4 is 4.89 Å². The molecule has 0 amide bonds. The second-order valence-corrected chi connectivity index (χ2v) is 3.04. The van der Waals surface area contributed by atoms with E-state index in [2.05, 4.69) is 12.6 Å². The highest BCUT2D eigenvalue weighted by Crippen LogP contribution is 2.26. The third-order valence-electron chi connectivity index (χ3n) is 2.18. The third-order valence-corrected chi connectivity index (χ3v) is 2.18. The molecule has 2 bridgehead atoms. The fraction of sp³-hybridized carbons (Fsp3) is 0.273. The highest BCUT2D eigenvalue weighted by atomic mass is 17.2. The lowest BCUT2D eigenvalue weighted by molar-refractivity contribution is -0.203. The van der Waals surface area contributed by atoms with Crippen LogP contribution in [0.2, 0.25) is 0 Å². The van der Waals surface area contributed by atoms with Crippen molar-refractivity contribution in [2.45, 2.75) is 12.8 Å². The summed E-state index contributed by atoms with van der Waals surface area (Å²) in [6, 6.07) is 6.03. The predicted molar refractivity (Wildman–Crippen MR) is 50.6 cm³/mol. The molecule has 1 aromatic carbocycles. The van der Waals surface area contributed by atoms with Gasteiger partial charge in [-0.3, -0.25) is 0 Å². The van der Waals surface area contributed by atoms with Gasteiger partial charge in [0.15, 0.2) is 5.75 Å². The Bertz CT molecular complexity index is 294. The number of fused-ring (bicyclic) bond motifs is 2. The molecule has 0 spiro atoms. The predicted octanol–water partition coefficient (Wildman–Crippen LogP) is 2.28. The molecule has 1 aromatic rings. The van der Waals surface area contributed by atoms with Gasteiger partial charge in [-0.25, -0.2) is 0 Å². The maximum atomic E-state index is 5.14. The van der Waals surface area contributed by atoms with E-state index in [1.165, 1.54) is 11.1 Å². The molecule has 0 atom stereocenters. The summed E-state index contributed by atoms with van der Waals surface area (Å²) in [5.74, 6) is 0.829. The Balaban J connectivity index is 2.44. The minimum atomic E-state index is 0.623. The molecule has 2 nitrogen and oxygen atoms in total. The molecule has 0 saturated heterocycles. The standard InChI is InChI=1S/C11H12O2/c1-2-4-10-9-5-3-6-11(10)13-12-8-7-9/h2-3,5-6H,1,4,7-8H2. The van der Waals surface area contributed by atoms with E-state index in [0.717, 1.165) is 18.6 Å². The molecule has 0 aromatic heterocycles. The van der Waals surface area contributed by atoms with Crippen LogP contribution in [0.25, 0.3) is 0 Å². The molecular weight excluding hydrogens is 164 g/mol. The van der Waals surface area contributed by atoms with Crippen LogP contribution in [0.1, 0.15) is 11.1 Å². The number of hydrogen-bond donors (Lipinski definition) is 0. The van der Waals surface area contributed by atoms with Crippen LogP contribution >= 0.6 is 0 Å². The first kappa shape index (κ1) is 8.32. The van der Waals surface area contributed by atoms with Crippen molar-refractivity contribution >= 4 is 0 Å².